The van der Waals surface area contributed by atoms with Gasteiger partial charge in [0, 0.05) is 16.7 Å². The van der Waals surface area contributed by atoms with E-state index in [2.05, 4.69) is 20.5 Å². The Bertz CT molecular complexity index is 1200. The minimum absolute atomic E-state index is 0.0930. The number of nitrogens with zero attached hydrogens (tertiary/aromatic N) is 2. The molecule has 0 atom stereocenters. The third-order valence-electron chi connectivity index (χ3n) is 4.41. The smallest absolute Gasteiger partial charge is 0.271 e. The number of nitrogens with one attached hydrogen (secondary N) is 2. The molecule has 1 aromatic heterocycles. The van der Waals surface area contributed by atoms with E-state index in [1.165, 1.54) is 6.21 Å². The number of H-pyrrole nitrogens is 1. The van der Waals surface area contributed by atoms with Crippen LogP contribution in [0.25, 0.3) is 22.4 Å². The average molecular weight is 386 g/mol. The van der Waals surface area contributed by atoms with Crippen LogP contribution in [0.2, 0.25) is 0 Å². The van der Waals surface area contributed by atoms with Crippen LogP contribution < -0.4 is 10.2 Å². The Labute approximate surface area is 166 Å². The van der Waals surface area contributed by atoms with Gasteiger partial charge in [-0.3, -0.25) is 4.79 Å². The summed E-state index contributed by atoms with van der Waals surface area (Å²) in [7, 11) is 1.62. The lowest BCUT2D eigenvalue weighted by atomic mass is 10.2. The Balaban J connectivity index is 1.52. The number of rotatable bonds is 5. The van der Waals surface area contributed by atoms with E-state index in [1.54, 1.807) is 49.6 Å². The summed E-state index contributed by atoms with van der Waals surface area (Å²) < 4.78 is 5.17. The van der Waals surface area contributed by atoms with E-state index in [0.717, 1.165) is 22.3 Å². The van der Waals surface area contributed by atoms with Gasteiger partial charge in [-0.1, -0.05) is 12.1 Å². The Hall–Kier alpha value is -4.13. The topological polar surface area (TPSA) is 99.6 Å². The Morgan fingerprint density at radius 2 is 1.93 bits per heavy atom. The molecule has 3 N–H and O–H groups in total. The van der Waals surface area contributed by atoms with Crippen molar-refractivity contribution in [2.45, 2.75) is 0 Å². The van der Waals surface area contributed by atoms with Gasteiger partial charge in [0.05, 0.1) is 24.4 Å². The van der Waals surface area contributed by atoms with Crippen molar-refractivity contribution in [3.8, 4) is 22.9 Å². The van der Waals surface area contributed by atoms with Gasteiger partial charge in [0.15, 0.2) is 0 Å². The second kappa shape index (κ2) is 7.85. The molecule has 0 fully saturated rings. The number of para-hydroxylation sites is 1. The standard InChI is InChI=1S/C22H18N4O3/c1-29-17-9-6-14(7-10-17)21-24-18-11-8-15(12-19(18)25-21)22(28)26-23-13-16-4-2-3-5-20(16)27/h2-13,27H,1H3,(H,24,25)(H,26,28)/b23-13+. The molecule has 0 aliphatic rings. The molecular weight excluding hydrogens is 368 g/mol. The van der Waals surface area contributed by atoms with Gasteiger partial charge < -0.3 is 14.8 Å². The Morgan fingerprint density at radius 1 is 1.14 bits per heavy atom. The molecule has 4 aromatic rings. The zero-order chi connectivity index (χ0) is 20.2. The Kier molecular flexibility index (Phi) is 4.94. The number of carbonyl (C=O) groups is 1. The molecule has 0 aliphatic carbocycles. The number of hydrogen-bond donors (Lipinski definition) is 3. The number of phenols is 1. The van der Waals surface area contributed by atoms with Gasteiger partial charge in [0.25, 0.3) is 5.91 Å². The number of ether oxygens (including phenoxy) is 1. The fourth-order valence-corrected chi connectivity index (χ4v) is 2.86. The van der Waals surface area contributed by atoms with Crippen molar-refractivity contribution < 1.29 is 14.6 Å². The summed E-state index contributed by atoms with van der Waals surface area (Å²) in [5.74, 6) is 1.21. The molecule has 7 heteroatoms. The maximum Gasteiger partial charge on any atom is 0.271 e. The predicted octanol–water partition coefficient (Wildman–Crippen LogP) is 3.71. The van der Waals surface area contributed by atoms with Gasteiger partial charge in [-0.25, -0.2) is 10.4 Å². The molecule has 1 amide bonds. The summed E-state index contributed by atoms with van der Waals surface area (Å²) in [6, 6.07) is 19.5. The lowest BCUT2D eigenvalue weighted by Crippen LogP contribution is -2.17. The zero-order valence-corrected chi connectivity index (χ0v) is 15.6. The molecule has 0 saturated heterocycles. The van der Waals surface area contributed by atoms with E-state index < -0.39 is 0 Å². The largest absolute Gasteiger partial charge is 0.507 e. The van der Waals surface area contributed by atoms with Crippen LogP contribution in [-0.4, -0.2) is 34.3 Å². The molecule has 144 valence electrons. The monoisotopic (exact) mass is 386 g/mol. The number of hydrazone groups is 1. The molecule has 4 rings (SSSR count). The quantitative estimate of drug-likeness (QED) is 0.360. The minimum Gasteiger partial charge on any atom is -0.507 e. The van der Waals surface area contributed by atoms with Crippen molar-refractivity contribution in [3.05, 3.63) is 77.9 Å². The van der Waals surface area contributed by atoms with Crippen LogP contribution >= 0.6 is 0 Å². The highest BCUT2D eigenvalue weighted by molar-refractivity contribution is 5.98. The van der Waals surface area contributed by atoms with Crippen molar-refractivity contribution in [1.29, 1.82) is 0 Å². The maximum absolute atomic E-state index is 12.4. The van der Waals surface area contributed by atoms with E-state index in [-0.39, 0.29) is 11.7 Å². The fourth-order valence-electron chi connectivity index (χ4n) is 2.86. The van der Waals surface area contributed by atoms with Crippen LogP contribution in [0.1, 0.15) is 15.9 Å². The highest BCUT2D eigenvalue weighted by Gasteiger charge is 2.10. The number of aromatic amines is 1. The third-order valence-corrected chi connectivity index (χ3v) is 4.41. The number of imidazole rings is 1. The fraction of sp³-hybridized carbons (Fsp3) is 0.0455. The van der Waals surface area contributed by atoms with Crippen molar-refractivity contribution in [2.75, 3.05) is 7.11 Å². The van der Waals surface area contributed by atoms with Crippen LogP contribution in [0, 0.1) is 0 Å². The number of carbonyl (C=O) groups excluding carboxylic acids is 1. The number of hydrogen-bond acceptors (Lipinski definition) is 5. The van der Waals surface area contributed by atoms with E-state index in [9.17, 15) is 9.90 Å². The van der Waals surface area contributed by atoms with Crippen LogP contribution in [0.4, 0.5) is 0 Å². The molecule has 3 aromatic carbocycles. The minimum atomic E-state index is -0.362. The first-order valence-electron chi connectivity index (χ1n) is 8.89. The van der Waals surface area contributed by atoms with Gasteiger partial charge in [-0.15, -0.1) is 0 Å². The molecule has 0 unspecified atom stereocenters. The summed E-state index contributed by atoms with van der Waals surface area (Å²) >= 11 is 0. The molecule has 0 aliphatic heterocycles. The van der Waals surface area contributed by atoms with Crippen LogP contribution in [-0.2, 0) is 0 Å². The van der Waals surface area contributed by atoms with Gasteiger partial charge in [-0.05, 0) is 54.6 Å². The van der Waals surface area contributed by atoms with Crippen molar-refractivity contribution >= 4 is 23.2 Å². The van der Waals surface area contributed by atoms with Gasteiger partial charge in [0.1, 0.15) is 17.3 Å². The van der Waals surface area contributed by atoms with Crippen LogP contribution in [0.3, 0.4) is 0 Å². The predicted molar refractivity (Wildman–Crippen MR) is 111 cm³/mol. The first-order chi connectivity index (χ1) is 14.1. The zero-order valence-electron chi connectivity index (χ0n) is 15.6. The number of amides is 1. The highest BCUT2D eigenvalue weighted by atomic mass is 16.5. The molecule has 29 heavy (non-hydrogen) atoms. The number of phenolic OH excluding ortho intramolecular Hbond substituents is 1. The number of fused-ring (bicyclic) bond motifs is 1. The summed E-state index contributed by atoms with van der Waals surface area (Å²) in [5, 5.41) is 13.6. The molecule has 1 heterocycles. The average Bonchev–Trinajstić information content (AvgIpc) is 3.18. The third kappa shape index (κ3) is 3.93. The van der Waals surface area contributed by atoms with Crippen molar-refractivity contribution in [2.24, 2.45) is 5.10 Å². The summed E-state index contributed by atoms with van der Waals surface area (Å²) in [6.07, 6.45) is 1.39. The van der Waals surface area contributed by atoms with Crippen molar-refractivity contribution in [1.82, 2.24) is 15.4 Å². The number of methoxy groups -OCH3 is 1. The number of benzene rings is 3. The highest BCUT2D eigenvalue weighted by Crippen LogP contribution is 2.23. The summed E-state index contributed by atoms with van der Waals surface area (Å²) in [6.45, 7) is 0. The lowest BCUT2D eigenvalue weighted by molar-refractivity contribution is 0.0955. The van der Waals surface area contributed by atoms with E-state index in [1.807, 2.05) is 24.3 Å². The summed E-state index contributed by atoms with van der Waals surface area (Å²) in [4.78, 5) is 20.2. The normalized spacial score (nSPS) is 11.1. The van der Waals surface area contributed by atoms with Crippen LogP contribution in [0.5, 0.6) is 11.5 Å². The number of aromatic hydroxyl groups is 1. The van der Waals surface area contributed by atoms with Gasteiger partial charge in [0.2, 0.25) is 0 Å². The van der Waals surface area contributed by atoms with Gasteiger partial charge in [-0.2, -0.15) is 5.10 Å². The number of aromatic nitrogens is 2. The maximum atomic E-state index is 12.4. The van der Waals surface area contributed by atoms with Gasteiger partial charge >= 0.3 is 0 Å². The molecule has 0 bridgehead atoms. The molecular formula is C22H18N4O3. The van der Waals surface area contributed by atoms with E-state index in [4.69, 9.17) is 4.74 Å². The van der Waals surface area contributed by atoms with E-state index >= 15 is 0 Å². The molecule has 7 nitrogen and oxygen atoms in total. The second-order valence-electron chi connectivity index (χ2n) is 6.30. The molecule has 0 radical (unpaired) electrons. The van der Waals surface area contributed by atoms with Crippen molar-refractivity contribution in [3.63, 3.8) is 0 Å². The Morgan fingerprint density at radius 3 is 2.69 bits per heavy atom. The molecule has 0 spiro atoms. The summed E-state index contributed by atoms with van der Waals surface area (Å²) in [5.41, 5.74) is 5.83. The van der Waals surface area contributed by atoms with E-state index in [0.29, 0.717) is 17.0 Å². The first kappa shape index (κ1) is 18.2. The first-order valence-corrected chi connectivity index (χ1v) is 8.89. The SMILES string of the molecule is COc1ccc(-c2nc3ccc(C(=O)N/N=C/c4ccccc4O)cc3[nH]2)cc1. The van der Waals surface area contributed by atoms with Crippen LogP contribution in [0.15, 0.2) is 71.8 Å². The molecule has 0 saturated carbocycles. The second-order valence-corrected chi connectivity index (χ2v) is 6.30. The lowest BCUT2D eigenvalue weighted by Gasteiger charge is -2.01.